The molecule has 0 fully saturated rings. The molecule has 3 rings (SSSR count). The molecule has 0 aliphatic carbocycles. The largest absolute Gasteiger partial charge is 0.497 e. The summed E-state index contributed by atoms with van der Waals surface area (Å²) in [7, 11) is -1.72. The van der Waals surface area contributed by atoms with Gasteiger partial charge in [0.2, 0.25) is 10.0 Å². The van der Waals surface area contributed by atoms with Crippen molar-refractivity contribution in [3.05, 3.63) is 53.6 Å². The van der Waals surface area contributed by atoms with Crippen LogP contribution in [0.25, 0.3) is 0 Å². The van der Waals surface area contributed by atoms with Crippen molar-refractivity contribution in [2.75, 3.05) is 29.0 Å². The number of amides is 1. The molecule has 0 saturated heterocycles. The van der Waals surface area contributed by atoms with E-state index in [1.807, 2.05) is 13.0 Å². The van der Waals surface area contributed by atoms with E-state index in [1.54, 1.807) is 43.5 Å². The van der Waals surface area contributed by atoms with Gasteiger partial charge in [-0.1, -0.05) is 6.92 Å². The fraction of sp³-hybridized carbons (Fsp3) is 0.350. The van der Waals surface area contributed by atoms with Gasteiger partial charge >= 0.3 is 0 Å². The number of nitrogens with zero attached hydrogens (tertiary/aromatic N) is 1. The van der Waals surface area contributed by atoms with E-state index in [4.69, 9.17) is 4.74 Å². The average molecular weight is 388 g/mol. The van der Waals surface area contributed by atoms with Gasteiger partial charge < -0.3 is 10.1 Å². The van der Waals surface area contributed by atoms with E-state index in [-0.39, 0.29) is 11.7 Å². The fourth-order valence-electron chi connectivity index (χ4n) is 3.24. The summed E-state index contributed by atoms with van der Waals surface area (Å²) in [5.74, 6) is 0.611. The van der Waals surface area contributed by atoms with Crippen molar-refractivity contribution in [1.82, 2.24) is 0 Å². The van der Waals surface area contributed by atoms with Crippen molar-refractivity contribution in [3.8, 4) is 5.75 Å². The third-order valence-corrected chi connectivity index (χ3v) is 6.54. The SMILES string of the molecule is CCCS(=O)(=O)N1CCCc2cc(NC(=O)c3ccc(OC)cc3)ccc21. The monoisotopic (exact) mass is 388 g/mol. The van der Waals surface area contributed by atoms with Crippen LogP contribution < -0.4 is 14.4 Å². The van der Waals surface area contributed by atoms with Crippen molar-refractivity contribution in [2.24, 2.45) is 0 Å². The highest BCUT2D eigenvalue weighted by Crippen LogP contribution is 2.32. The number of carbonyl (C=O) groups excluding carboxylic acids is 1. The van der Waals surface area contributed by atoms with Crippen LogP contribution >= 0.6 is 0 Å². The van der Waals surface area contributed by atoms with Crippen molar-refractivity contribution < 1.29 is 17.9 Å². The van der Waals surface area contributed by atoms with Crippen LogP contribution in [0.2, 0.25) is 0 Å². The second-order valence-electron chi connectivity index (χ2n) is 6.52. The molecule has 1 aliphatic rings. The average Bonchev–Trinajstić information content (AvgIpc) is 2.67. The third-order valence-electron chi connectivity index (χ3n) is 4.56. The highest BCUT2D eigenvalue weighted by atomic mass is 32.2. The number of methoxy groups -OCH3 is 1. The first kappa shape index (κ1) is 19.2. The summed E-state index contributed by atoms with van der Waals surface area (Å²) in [5, 5.41) is 2.88. The van der Waals surface area contributed by atoms with Gasteiger partial charge in [0.1, 0.15) is 5.75 Å². The normalized spacial score (nSPS) is 13.8. The molecule has 0 saturated carbocycles. The fourth-order valence-corrected chi connectivity index (χ4v) is 4.86. The van der Waals surface area contributed by atoms with Gasteiger partial charge in [0.25, 0.3) is 5.91 Å². The van der Waals surface area contributed by atoms with E-state index in [1.165, 1.54) is 4.31 Å². The zero-order chi connectivity index (χ0) is 19.4. The minimum atomic E-state index is -3.30. The zero-order valence-corrected chi connectivity index (χ0v) is 16.4. The van der Waals surface area contributed by atoms with Crippen LogP contribution in [0.1, 0.15) is 35.7 Å². The molecule has 1 amide bonds. The van der Waals surface area contributed by atoms with Crippen LogP contribution in [-0.4, -0.2) is 33.7 Å². The molecule has 27 heavy (non-hydrogen) atoms. The summed E-state index contributed by atoms with van der Waals surface area (Å²) >= 11 is 0. The lowest BCUT2D eigenvalue weighted by Crippen LogP contribution is -2.37. The summed E-state index contributed by atoms with van der Waals surface area (Å²) in [4.78, 5) is 12.4. The number of sulfonamides is 1. The Bertz CT molecular complexity index is 923. The molecule has 2 aromatic carbocycles. The second-order valence-corrected chi connectivity index (χ2v) is 8.53. The minimum Gasteiger partial charge on any atom is -0.497 e. The maximum absolute atomic E-state index is 12.5. The number of ether oxygens (including phenoxy) is 1. The number of anilines is 2. The molecule has 0 unspecified atom stereocenters. The molecule has 2 aromatic rings. The van der Waals surface area contributed by atoms with Crippen molar-refractivity contribution in [2.45, 2.75) is 26.2 Å². The summed E-state index contributed by atoms with van der Waals surface area (Å²) in [5.41, 5.74) is 2.84. The van der Waals surface area contributed by atoms with Gasteiger partial charge in [-0.3, -0.25) is 9.10 Å². The molecule has 1 aliphatic heterocycles. The third kappa shape index (κ3) is 4.24. The first-order chi connectivity index (χ1) is 12.9. The Morgan fingerprint density at radius 1 is 1.19 bits per heavy atom. The Morgan fingerprint density at radius 3 is 2.59 bits per heavy atom. The molecular weight excluding hydrogens is 364 g/mol. The van der Waals surface area contributed by atoms with E-state index < -0.39 is 10.0 Å². The van der Waals surface area contributed by atoms with Gasteiger partial charge in [0.15, 0.2) is 0 Å². The Kier molecular flexibility index (Phi) is 5.70. The topological polar surface area (TPSA) is 75.7 Å². The van der Waals surface area contributed by atoms with Crippen molar-refractivity contribution in [3.63, 3.8) is 0 Å². The predicted octanol–water partition coefficient (Wildman–Crippen LogP) is 3.44. The summed E-state index contributed by atoms with van der Waals surface area (Å²) in [6.45, 7) is 2.37. The van der Waals surface area contributed by atoms with Crippen LogP contribution in [0, 0.1) is 0 Å². The minimum absolute atomic E-state index is 0.141. The quantitative estimate of drug-likeness (QED) is 0.822. The Hall–Kier alpha value is -2.54. The van der Waals surface area contributed by atoms with Crippen molar-refractivity contribution >= 4 is 27.3 Å². The summed E-state index contributed by atoms with van der Waals surface area (Å²) in [6.07, 6.45) is 2.15. The van der Waals surface area contributed by atoms with Crippen LogP contribution in [-0.2, 0) is 16.4 Å². The van der Waals surface area contributed by atoms with Crippen molar-refractivity contribution in [1.29, 1.82) is 0 Å². The molecule has 7 heteroatoms. The number of fused-ring (bicyclic) bond motifs is 1. The molecule has 0 radical (unpaired) electrons. The number of carbonyl (C=O) groups is 1. The number of hydrogen-bond acceptors (Lipinski definition) is 4. The van der Waals surface area contributed by atoms with Gasteiger partial charge in [-0.05, 0) is 67.3 Å². The first-order valence-electron chi connectivity index (χ1n) is 9.03. The van der Waals surface area contributed by atoms with E-state index in [0.717, 1.165) is 24.1 Å². The lowest BCUT2D eigenvalue weighted by molar-refractivity contribution is 0.102. The second kappa shape index (κ2) is 8.00. The van der Waals surface area contributed by atoms with Gasteiger partial charge in [-0.25, -0.2) is 8.42 Å². The van der Waals surface area contributed by atoms with Crippen LogP contribution in [0.5, 0.6) is 5.75 Å². The maximum Gasteiger partial charge on any atom is 0.255 e. The zero-order valence-electron chi connectivity index (χ0n) is 15.6. The van der Waals surface area contributed by atoms with Gasteiger partial charge in [0, 0.05) is 17.8 Å². The Labute approximate surface area is 160 Å². The van der Waals surface area contributed by atoms with E-state index in [9.17, 15) is 13.2 Å². The predicted molar refractivity (Wildman–Crippen MR) is 107 cm³/mol. The number of rotatable bonds is 6. The molecule has 6 nitrogen and oxygen atoms in total. The summed E-state index contributed by atoms with van der Waals surface area (Å²) in [6, 6.07) is 12.3. The molecule has 1 N–H and O–H groups in total. The van der Waals surface area contributed by atoms with Crippen LogP contribution in [0.4, 0.5) is 11.4 Å². The lowest BCUT2D eigenvalue weighted by atomic mass is 10.0. The first-order valence-corrected chi connectivity index (χ1v) is 10.6. The smallest absolute Gasteiger partial charge is 0.255 e. The summed E-state index contributed by atoms with van der Waals surface area (Å²) < 4.78 is 31.6. The van der Waals surface area contributed by atoms with Crippen LogP contribution in [0.15, 0.2) is 42.5 Å². The number of hydrogen-bond donors (Lipinski definition) is 1. The molecule has 1 heterocycles. The van der Waals surface area contributed by atoms with Gasteiger partial charge in [0.05, 0.1) is 18.6 Å². The Morgan fingerprint density at radius 2 is 1.93 bits per heavy atom. The Balaban J connectivity index is 1.80. The number of nitrogens with one attached hydrogen (secondary N) is 1. The van der Waals surface area contributed by atoms with E-state index in [2.05, 4.69) is 5.32 Å². The molecule has 144 valence electrons. The van der Waals surface area contributed by atoms with E-state index >= 15 is 0 Å². The standard InChI is InChI=1S/C20H24N2O4S/c1-3-13-27(24,25)22-12-4-5-16-14-17(8-11-19(16)22)21-20(23)15-6-9-18(26-2)10-7-15/h6-11,14H,3-5,12-13H2,1-2H3,(H,21,23). The molecule has 0 aromatic heterocycles. The van der Waals surface area contributed by atoms with Gasteiger partial charge in [-0.2, -0.15) is 0 Å². The number of benzene rings is 2. The molecule has 0 spiro atoms. The molecule has 0 bridgehead atoms. The number of aryl methyl sites for hydroxylation is 1. The van der Waals surface area contributed by atoms with Crippen LogP contribution in [0.3, 0.4) is 0 Å². The van der Waals surface area contributed by atoms with E-state index in [0.29, 0.717) is 30.0 Å². The lowest BCUT2D eigenvalue weighted by Gasteiger charge is -2.30. The molecule has 0 atom stereocenters. The molecular formula is C20H24N2O4S. The highest BCUT2D eigenvalue weighted by molar-refractivity contribution is 7.92. The maximum atomic E-state index is 12.5. The van der Waals surface area contributed by atoms with Gasteiger partial charge in [-0.15, -0.1) is 0 Å². The highest BCUT2D eigenvalue weighted by Gasteiger charge is 2.26.